The fourth-order valence-corrected chi connectivity index (χ4v) is 8.16. The molecule has 4 heterocycles. The highest BCUT2D eigenvalue weighted by Crippen LogP contribution is 2.42. The fraction of sp³-hybridized carbons (Fsp3) is 0.667. The van der Waals surface area contributed by atoms with Crippen LogP contribution >= 0.6 is 0 Å². The summed E-state index contributed by atoms with van der Waals surface area (Å²) >= 11 is 0. The Balaban J connectivity index is 0.000000654. The van der Waals surface area contributed by atoms with Gasteiger partial charge in [0.1, 0.15) is 22.8 Å². The van der Waals surface area contributed by atoms with Gasteiger partial charge in [0.05, 0.1) is 11.9 Å². The van der Waals surface area contributed by atoms with Gasteiger partial charge < -0.3 is 25.4 Å². The van der Waals surface area contributed by atoms with Crippen molar-refractivity contribution < 1.29 is 41.8 Å². The molecule has 0 bridgehead atoms. The van der Waals surface area contributed by atoms with E-state index in [9.17, 15) is 27.2 Å². The Bertz CT molecular complexity index is 1480. The number of carboxylic acids is 1. The predicted octanol–water partition coefficient (Wildman–Crippen LogP) is 6.51. The first-order chi connectivity index (χ1) is 24.3. The fourth-order valence-electron chi connectivity index (χ4n) is 8.16. The topological polar surface area (TPSA) is 134 Å². The second-order valence-electron chi connectivity index (χ2n) is 14.4. The molecular weight excluding hydrogens is 672 g/mol. The van der Waals surface area contributed by atoms with E-state index in [1.54, 1.807) is 12.1 Å². The molecule has 3 saturated heterocycles. The number of carbonyl (C=O) groups excluding carboxylic acids is 2. The number of ether oxygens (including phenoxy) is 1. The third-order valence-electron chi connectivity index (χ3n) is 11.1. The summed E-state index contributed by atoms with van der Waals surface area (Å²) in [6, 6.07) is 6.29. The minimum Gasteiger partial charge on any atom is -0.475 e. The molecular formula is C36H50F4N6O5. The number of halogens is 4. The number of aliphatic carboxylic acids is 1. The number of likely N-dealkylation sites (tertiary alicyclic amines) is 2. The molecule has 1 spiro atoms. The zero-order chi connectivity index (χ0) is 36.8. The predicted molar refractivity (Wildman–Crippen MR) is 182 cm³/mol. The molecule has 1 aliphatic carbocycles. The van der Waals surface area contributed by atoms with Crippen LogP contribution in [-0.4, -0.2) is 105 Å². The van der Waals surface area contributed by atoms with Crippen LogP contribution in [0, 0.1) is 17.7 Å². The molecule has 1 aromatic carbocycles. The highest BCUT2D eigenvalue weighted by Gasteiger charge is 2.50. The monoisotopic (exact) mass is 722 g/mol. The molecule has 4 aliphatic rings. The van der Waals surface area contributed by atoms with E-state index in [2.05, 4.69) is 16.9 Å². The number of piperidine rings is 2. The van der Waals surface area contributed by atoms with E-state index in [0.29, 0.717) is 42.2 Å². The summed E-state index contributed by atoms with van der Waals surface area (Å²) in [4.78, 5) is 42.0. The van der Waals surface area contributed by atoms with Crippen LogP contribution in [0.25, 0.3) is 5.69 Å². The van der Waals surface area contributed by atoms with Gasteiger partial charge in [0.2, 0.25) is 0 Å². The van der Waals surface area contributed by atoms with Crippen LogP contribution in [0.3, 0.4) is 0 Å². The lowest BCUT2D eigenvalue weighted by Crippen LogP contribution is -2.61. The van der Waals surface area contributed by atoms with Gasteiger partial charge in [-0.1, -0.05) is 39.0 Å². The second kappa shape index (κ2) is 16.6. The first-order valence-corrected chi connectivity index (χ1v) is 18.2. The van der Waals surface area contributed by atoms with E-state index < -0.39 is 12.1 Å². The highest BCUT2D eigenvalue weighted by atomic mass is 19.4. The van der Waals surface area contributed by atoms with Crippen LogP contribution in [0.5, 0.6) is 0 Å². The van der Waals surface area contributed by atoms with Crippen molar-refractivity contribution in [2.75, 3.05) is 45.0 Å². The molecule has 0 radical (unpaired) electrons. The molecule has 51 heavy (non-hydrogen) atoms. The Hall–Kier alpha value is -3.88. The van der Waals surface area contributed by atoms with E-state index in [-0.39, 0.29) is 29.2 Å². The van der Waals surface area contributed by atoms with Crippen LogP contribution < -0.4 is 5.73 Å². The summed E-state index contributed by atoms with van der Waals surface area (Å²) in [5, 5.41) is 11.4. The minimum absolute atomic E-state index is 0.0920. The number of rotatable bonds is 8. The minimum atomic E-state index is -5.08. The largest absolute Gasteiger partial charge is 0.490 e. The number of aromatic nitrogens is 2. The summed E-state index contributed by atoms with van der Waals surface area (Å²) in [5.41, 5.74) is 6.96. The second-order valence-corrected chi connectivity index (χ2v) is 14.4. The van der Waals surface area contributed by atoms with Gasteiger partial charge in [0.25, 0.3) is 5.91 Å². The van der Waals surface area contributed by atoms with E-state index >= 15 is 0 Å². The number of anilines is 1. The third kappa shape index (κ3) is 9.32. The van der Waals surface area contributed by atoms with Crippen LogP contribution in [0.15, 0.2) is 30.5 Å². The van der Waals surface area contributed by atoms with Crippen LogP contribution in [0.4, 0.5) is 28.2 Å². The number of carboxylic acid groups (broad SMARTS) is 1. The number of nitrogen functional groups attached to an aromatic ring is 1. The molecule has 6 rings (SSSR count). The van der Waals surface area contributed by atoms with E-state index in [4.69, 9.17) is 20.4 Å². The molecule has 1 aromatic heterocycles. The molecule has 11 nitrogen and oxygen atoms in total. The standard InChI is InChI=1S/C34H49FN6O3.C2HF3O2/c1-2-3-9-26-24-40(23-25-7-5-4-6-8-25)33(43)44-34(26)16-20-38(21-17-34)28-14-18-39(19-15-28)32(42)30-22-37-41(31(30)36)29-12-10-27(35)11-13-29;3-2(4,5)1(6)7/h10-13,22,25-26,28H,2-9,14-21,23-24,36H2,1H3;(H,6,7). The normalized spacial score (nSPS) is 22.0. The van der Waals surface area contributed by atoms with Crippen molar-refractivity contribution in [3.8, 4) is 5.69 Å². The average molecular weight is 723 g/mol. The molecule has 282 valence electrons. The third-order valence-corrected chi connectivity index (χ3v) is 11.1. The van der Waals surface area contributed by atoms with Crippen LogP contribution in [0.2, 0.25) is 0 Å². The molecule has 3 aliphatic heterocycles. The lowest BCUT2D eigenvalue weighted by Gasteiger charge is -2.52. The summed E-state index contributed by atoms with van der Waals surface area (Å²) in [7, 11) is 0. The number of hydrogen-bond donors (Lipinski definition) is 2. The molecule has 3 N–H and O–H groups in total. The number of nitrogens with two attached hydrogens (primary N) is 1. The van der Waals surface area contributed by atoms with Gasteiger partial charge in [-0.05, 0) is 62.3 Å². The SMILES string of the molecule is CCCCC1CN(CC2CCCCC2)C(=O)OC12CCN(C1CCN(C(=O)c3cnn(-c4ccc(F)cc4)c3N)CC1)CC2.O=C(O)C(F)(F)F. The first kappa shape index (κ1) is 38.4. The van der Waals surface area contributed by atoms with Gasteiger partial charge >= 0.3 is 18.2 Å². The summed E-state index contributed by atoms with van der Waals surface area (Å²) in [6.45, 7) is 7.12. The van der Waals surface area contributed by atoms with Crippen molar-refractivity contribution in [2.45, 2.75) is 102 Å². The van der Waals surface area contributed by atoms with Gasteiger partial charge in [-0.15, -0.1) is 0 Å². The maximum absolute atomic E-state index is 13.4. The maximum atomic E-state index is 13.4. The number of benzene rings is 1. The maximum Gasteiger partial charge on any atom is 0.490 e. The lowest BCUT2D eigenvalue weighted by molar-refractivity contribution is -0.192. The number of nitrogens with zero attached hydrogens (tertiary/aromatic N) is 5. The van der Waals surface area contributed by atoms with Crippen LogP contribution in [0.1, 0.15) is 94.3 Å². The summed E-state index contributed by atoms with van der Waals surface area (Å²) in [5.74, 6) is -1.92. The van der Waals surface area contributed by atoms with Crippen molar-refractivity contribution in [1.82, 2.24) is 24.5 Å². The van der Waals surface area contributed by atoms with Gasteiger partial charge in [-0.2, -0.15) is 18.3 Å². The van der Waals surface area contributed by atoms with Crippen molar-refractivity contribution >= 4 is 23.8 Å². The molecule has 1 atom stereocenters. The molecule has 2 aromatic rings. The van der Waals surface area contributed by atoms with Crippen LogP contribution in [-0.2, 0) is 9.53 Å². The molecule has 4 fully saturated rings. The number of hydrogen-bond acceptors (Lipinski definition) is 7. The van der Waals surface area contributed by atoms with E-state index in [0.717, 1.165) is 64.7 Å². The molecule has 2 amide bonds. The number of amides is 2. The van der Waals surface area contributed by atoms with Gasteiger partial charge in [-0.25, -0.2) is 18.7 Å². The Morgan fingerprint density at radius 3 is 2.24 bits per heavy atom. The van der Waals surface area contributed by atoms with Crippen molar-refractivity contribution in [3.05, 3.63) is 41.8 Å². The molecule has 1 saturated carbocycles. The number of unbranched alkanes of at least 4 members (excludes halogenated alkanes) is 1. The lowest BCUT2D eigenvalue weighted by atomic mass is 9.75. The Kier molecular flexibility index (Phi) is 12.5. The first-order valence-electron chi connectivity index (χ1n) is 18.2. The van der Waals surface area contributed by atoms with Gasteiger partial charge in [0.15, 0.2) is 0 Å². The Morgan fingerprint density at radius 1 is 1.02 bits per heavy atom. The average Bonchev–Trinajstić information content (AvgIpc) is 3.50. The molecule has 15 heteroatoms. The zero-order valence-electron chi connectivity index (χ0n) is 29.3. The Morgan fingerprint density at radius 2 is 1.65 bits per heavy atom. The van der Waals surface area contributed by atoms with Gasteiger partial charge in [0, 0.05) is 64.1 Å². The number of alkyl halides is 3. The van der Waals surface area contributed by atoms with E-state index in [1.165, 1.54) is 61.5 Å². The smallest absolute Gasteiger partial charge is 0.475 e. The molecule has 1 unspecified atom stereocenters. The van der Waals surface area contributed by atoms with Crippen molar-refractivity contribution in [2.24, 2.45) is 11.8 Å². The summed E-state index contributed by atoms with van der Waals surface area (Å²) in [6.07, 6.45) is 9.74. The van der Waals surface area contributed by atoms with Crippen molar-refractivity contribution in [3.63, 3.8) is 0 Å². The van der Waals surface area contributed by atoms with Gasteiger partial charge in [-0.3, -0.25) is 9.69 Å². The quantitative estimate of drug-likeness (QED) is 0.295. The highest BCUT2D eigenvalue weighted by molar-refractivity contribution is 5.98. The Labute approximate surface area is 296 Å². The zero-order valence-corrected chi connectivity index (χ0v) is 29.3. The number of carbonyl (C=O) groups is 3. The summed E-state index contributed by atoms with van der Waals surface area (Å²) < 4.78 is 53.0. The van der Waals surface area contributed by atoms with E-state index in [1.807, 2.05) is 9.80 Å². The van der Waals surface area contributed by atoms with Crippen molar-refractivity contribution in [1.29, 1.82) is 0 Å².